The Hall–Kier alpha value is -1.75. The zero-order valence-electron chi connectivity index (χ0n) is 12.6. The monoisotopic (exact) mass is 313 g/mol. The third-order valence-corrected chi connectivity index (χ3v) is 2.99. The maximum atomic E-state index is 12.0. The molecule has 0 saturated heterocycles. The number of rotatable bonds is 4. The number of amides is 1. The zero-order chi connectivity index (χ0) is 16.2. The van der Waals surface area contributed by atoms with Crippen LogP contribution >= 0.6 is 11.6 Å². The molecule has 0 radical (unpaired) electrons. The summed E-state index contributed by atoms with van der Waals surface area (Å²) in [5.74, 6) is -1.09. The lowest BCUT2D eigenvalue weighted by atomic mass is 10.1. The van der Waals surface area contributed by atoms with Crippen molar-refractivity contribution < 1.29 is 19.4 Å². The Kier molecular flexibility index (Phi) is 5.61. The highest BCUT2D eigenvalue weighted by atomic mass is 35.5. The molecule has 1 atom stereocenters. The minimum Gasteiger partial charge on any atom is -0.480 e. The highest BCUT2D eigenvalue weighted by Gasteiger charge is 2.30. The van der Waals surface area contributed by atoms with Gasteiger partial charge in [-0.3, -0.25) is 4.90 Å². The number of benzene rings is 1. The number of likely N-dealkylation sites (N-methyl/N-ethyl adjacent to an activating group) is 1. The van der Waals surface area contributed by atoms with E-state index in [0.29, 0.717) is 5.02 Å². The van der Waals surface area contributed by atoms with Gasteiger partial charge in [-0.1, -0.05) is 23.7 Å². The van der Waals surface area contributed by atoms with Crippen molar-refractivity contribution in [2.24, 2.45) is 0 Å². The maximum absolute atomic E-state index is 12.0. The van der Waals surface area contributed by atoms with Crippen molar-refractivity contribution in [3.63, 3.8) is 0 Å². The summed E-state index contributed by atoms with van der Waals surface area (Å²) in [7, 11) is 1.41. The predicted octanol–water partition coefficient (Wildman–Crippen LogP) is 3.20. The first-order valence-electron chi connectivity index (χ1n) is 6.53. The van der Waals surface area contributed by atoms with Crippen molar-refractivity contribution in [1.82, 2.24) is 4.90 Å². The number of halogens is 1. The molecule has 0 heterocycles. The number of carboxylic acid groups (broad SMARTS) is 1. The van der Waals surface area contributed by atoms with Crippen LogP contribution in [0.15, 0.2) is 24.3 Å². The first-order chi connectivity index (χ1) is 9.60. The molecule has 0 saturated carbocycles. The van der Waals surface area contributed by atoms with Gasteiger partial charge in [-0.2, -0.15) is 0 Å². The summed E-state index contributed by atoms with van der Waals surface area (Å²) in [5, 5.41) is 9.86. The highest BCUT2D eigenvalue weighted by molar-refractivity contribution is 6.30. The Morgan fingerprint density at radius 1 is 1.38 bits per heavy atom. The van der Waals surface area contributed by atoms with E-state index in [9.17, 15) is 14.7 Å². The van der Waals surface area contributed by atoms with Gasteiger partial charge in [0.2, 0.25) is 0 Å². The standard InChI is InChI=1S/C15H20ClNO4/c1-15(2,3)21-14(20)17(4)12(13(18)19)9-10-6-5-7-11(16)8-10/h5-8,12H,9H2,1-4H3,(H,18,19). The molecule has 1 unspecified atom stereocenters. The molecule has 1 amide bonds. The van der Waals surface area contributed by atoms with Crippen molar-refractivity contribution in [3.05, 3.63) is 34.9 Å². The van der Waals surface area contributed by atoms with E-state index in [2.05, 4.69) is 0 Å². The lowest BCUT2D eigenvalue weighted by Gasteiger charge is -2.28. The van der Waals surface area contributed by atoms with E-state index in [4.69, 9.17) is 16.3 Å². The summed E-state index contributed by atoms with van der Waals surface area (Å²) in [6.07, 6.45) is -0.511. The van der Waals surface area contributed by atoms with Gasteiger partial charge >= 0.3 is 12.1 Å². The summed E-state index contributed by atoms with van der Waals surface area (Å²) < 4.78 is 5.19. The van der Waals surface area contributed by atoms with Crippen LogP contribution in [-0.2, 0) is 16.0 Å². The van der Waals surface area contributed by atoms with E-state index in [0.717, 1.165) is 10.5 Å². The Morgan fingerprint density at radius 2 is 2.00 bits per heavy atom. The molecule has 1 aromatic rings. The largest absolute Gasteiger partial charge is 0.480 e. The van der Waals surface area contributed by atoms with Crippen LogP contribution in [0, 0.1) is 0 Å². The molecule has 5 nitrogen and oxygen atoms in total. The highest BCUT2D eigenvalue weighted by Crippen LogP contribution is 2.16. The molecule has 0 bridgehead atoms. The molecular formula is C15H20ClNO4. The third-order valence-electron chi connectivity index (χ3n) is 2.75. The number of carboxylic acids is 1. The minimum absolute atomic E-state index is 0.158. The van der Waals surface area contributed by atoms with Gasteiger partial charge in [-0.05, 0) is 38.5 Å². The topological polar surface area (TPSA) is 66.8 Å². The lowest BCUT2D eigenvalue weighted by molar-refractivity contribution is -0.142. The smallest absolute Gasteiger partial charge is 0.410 e. The number of aliphatic carboxylic acids is 1. The number of hydrogen-bond acceptors (Lipinski definition) is 3. The fourth-order valence-electron chi connectivity index (χ4n) is 1.74. The zero-order valence-corrected chi connectivity index (χ0v) is 13.3. The van der Waals surface area contributed by atoms with Crippen molar-refractivity contribution in [2.75, 3.05) is 7.05 Å². The first kappa shape index (κ1) is 17.3. The molecule has 0 spiro atoms. The number of carbonyl (C=O) groups excluding carboxylic acids is 1. The lowest BCUT2D eigenvalue weighted by Crippen LogP contribution is -2.46. The molecule has 0 aliphatic carbocycles. The summed E-state index contributed by atoms with van der Waals surface area (Å²) in [4.78, 5) is 24.5. The predicted molar refractivity (Wildman–Crippen MR) is 80.6 cm³/mol. The van der Waals surface area contributed by atoms with Crippen LogP contribution in [0.1, 0.15) is 26.3 Å². The van der Waals surface area contributed by atoms with E-state index < -0.39 is 23.7 Å². The number of ether oxygens (including phenoxy) is 1. The number of hydrogen-bond donors (Lipinski definition) is 1. The molecule has 0 fully saturated rings. The maximum Gasteiger partial charge on any atom is 0.410 e. The number of nitrogens with zero attached hydrogens (tertiary/aromatic N) is 1. The molecule has 0 aliphatic heterocycles. The van der Waals surface area contributed by atoms with Crippen molar-refractivity contribution >= 4 is 23.7 Å². The molecule has 1 rings (SSSR count). The van der Waals surface area contributed by atoms with Gasteiger partial charge in [0.05, 0.1) is 0 Å². The van der Waals surface area contributed by atoms with Gasteiger partial charge in [0.1, 0.15) is 11.6 Å². The van der Waals surface area contributed by atoms with E-state index in [1.165, 1.54) is 7.05 Å². The molecule has 0 aromatic heterocycles. The van der Waals surface area contributed by atoms with E-state index in [1.54, 1.807) is 45.0 Å². The van der Waals surface area contributed by atoms with Crippen LogP contribution < -0.4 is 0 Å². The Balaban J connectivity index is 2.86. The van der Waals surface area contributed by atoms with E-state index >= 15 is 0 Å². The Bertz CT molecular complexity index is 525. The normalized spacial score (nSPS) is 12.6. The fraction of sp³-hybridized carbons (Fsp3) is 0.467. The molecule has 1 N–H and O–H groups in total. The van der Waals surface area contributed by atoms with Crippen LogP contribution in [0.5, 0.6) is 0 Å². The SMILES string of the molecule is CN(C(=O)OC(C)(C)C)C(Cc1cccc(Cl)c1)C(=O)O. The Morgan fingerprint density at radius 3 is 2.48 bits per heavy atom. The van der Waals surface area contributed by atoms with Crippen molar-refractivity contribution in [3.8, 4) is 0 Å². The third kappa shape index (κ3) is 5.63. The molecule has 0 aliphatic rings. The summed E-state index contributed by atoms with van der Waals surface area (Å²) in [5.41, 5.74) is 0.0649. The van der Waals surface area contributed by atoms with Crippen LogP contribution in [0.4, 0.5) is 4.79 Å². The van der Waals surface area contributed by atoms with Gasteiger partial charge in [0.25, 0.3) is 0 Å². The van der Waals surface area contributed by atoms with Gasteiger partial charge < -0.3 is 9.84 Å². The fourth-order valence-corrected chi connectivity index (χ4v) is 1.95. The quantitative estimate of drug-likeness (QED) is 0.927. The van der Waals surface area contributed by atoms with Crippen molar-refractivity contribution in [2.45, 2.75) is 38.8 Å². The van der Waals surface area contributed by atoms with Gasteiger partial charge in [0.15, 0.2) is 0 Å². The molecule has 1 aromatic carbocycles. The summed E-state index contributed by atoms with van der Waals surface area (Å²) in [6.45, 7) is 5.18. The molecule has 6 heteroatoms. The second-order valence-corrected chi connectivity index (χ2v) is 6.22. The summed E-state index contributed by atoms with van der Waals surface area (Å²) in [6, 6.07) is 5.88. The average Bonchev–Trinajstić information content (AvgIpc) is 2.32. The van der Waals surface area contributed by atoms with Crippen LogP contribution in [0.3, 0.4) is 0 Å². The van der Waals surface area contributed by atoms with Gasteiger partial charge in [0, 0.05) is 18.5 Å². The number of carbonyl (C=O) groups is 2. The minimum atomic E-state index is -1.09. The van der Waals surface area contributed by atoms with E-state index in [1.807, 2.05) is 0 Å². The average molecular weight is 314 g/mol. The van der Waals surface area contributed by atoms with E-state index in [-0.39, 0.29) is 6.42 Å². The molecule has 116 valence electrons. The van der Waals surface area contributed by atoms with Crippen LogP contribution in [-0.4, -0.2) is 40.8 Å². The first-order valence-corrected chi connectivity index (χ1v) is 6.91. The molecular weight excluding hydrogens is 294 g/mol. The second-order valence-electron chi connectivity index (χ2n) is 5.78. The molecule has 21 heavy (non-hydrogen) atoms. The van der Waals surface area contributed by atoms with Gasteiger partial charge in [-0.15, -0.1) is 0 Å². The Labute approximate surface area is 129 Å². The van der Waals surface area contributed by atoms with Gasteiger partial charge in [-0.25, -0.2) is 9.59 Å². The van der Waals surface area contributed by atoms with Crippen molar-refractivity contribution in [1.29, 1.82) is 0 Å². The van der Waals surface area contributed by atoms with Crippen LogP contribution in [0.2, 0.25) is 5.02 Å². The van der Waals surface area contributed by atoms with Crippen LogP contribution in [0.25, 0.3) is 0 Å². The summed E-state index contributed by atoms with van der Waals surface area (Å²) >= 11 is 5.88. The second kappa shape index (κ2) is 6.80.